The molecule has 98 valence electrons. The summed E-state index contributed by atoms with van der Waals surface area (Å²) in [5.41, 5.74) is 1.03. The second kappa shape index (κ2) is 5.14. The molecule has 2 rings (SSSR count). The molecule has 0 saturated carbocycles. The molecular formula is C12H19N5S. The van der Waals surface area contributed by atoms with Crippen LogP contribution in [-0.4, -0.2) is 37.1 Å². The monoisotopic (exact) mass is 265 g/mol. The third-order valence-corrected chi connectivity index (χ3v) is 4.16. The average Bonchev–Trinajstić information content (AvgIpc) is 2.84. The lowest BCUT2D eigenvalue weighted by molar-refractivity contribution is 0.744. The number of rotatable bonds is 5. The molecule has 0 spiro atoms. The van der Waals surface area contributed by atoms with Gasteiger partial charge in [0.05, 0.1) is 0 Å². The van der Waals surface area contributed by atoms with Crippen LogP contribution in [0.1, 0.15) is 26.5 Å². The van der Waals surface area contributed by atoms with E-state index >= 15 is 0 Å². The first kappa shape index (κ1) is 13.1. The molecule has 18 heavy (non-hydrogen) atoms. The lowest BCUT2D eigenvalue weighted by Crippen LogP contribution is -2.26. The summed E-state index contributed by atoms with van der Waals surface area (Å²) in [7, 11) is 0. The van der Waals surface area contributed by atoms with Crippen LogP contribution >= 0.6 is 11.8 Å². The highest BCUT2D eigenvalue weighted by molar-refractivity contribution is 7.99. The molecule has 0 aliphatic rings. The zero-order chi connectivity index (χ0) is 13.2. The molecule has 0 atom stereocenters. The van der Waals surface area contributed by atoms with Gasteiger partial charge in [0.25, 0.3) is 5.78 Å². The van der Waals surface area contributed by atoms with Crippen LogP contribution in [0.2, 0.25) is 0 Å². The van der Waals surface area contributed by atoms with Crippen LogP contribution in [-0.2, 0) is 6.42 Å². The molecule has 6 heteroatoms. The van der Waals surface area contributed by atoms with E-state index in [1.807, 2.05) is 17.8 Å². The van der Waals surface area contributed by atoms with E-state index < -0.39 is 0 Å². The van der Waals surface area contributed by atoms with E-state index in [4.69, 9.17) is 0 Å². The maximum atomic E-state index is 4.42. The fourth-order valence-corrected chi connectivity index (χ4v) is 1.76. The van der Waals surface area contributed by atoms with E-state index in [9.17, 15) is 0 Å². The fraction of sp³-hybridized carbons (Fsp3) is 0.583. The minimum atomic E-state index is 0.183. The van der Waals surface area contributed by atoms with Crippen molar-refractivity contribution in [3.8, 4) is 0 Å². The largest absolute Gasteiger partial charge is 0.368 e. The van der Waals surface area contributed by atoms with Gasteiger partial charge in [-0.05, 0) is 26.5 Å². The van der Waals surface area contributed by atoms with Crippen LogP contribution < -0.4 is 5.32 Å². The summed E-state index contributed by atoms with van der Waals surface area (Å²) in [6, 6.07) is 2.04. The molecule has 0 aliphatic heterocycles. The molecule has 0 aromatic carbocycles. The second-order valence-electron chi connectivity index (χ2n) is 4.78. The number of fused-ring (bicyclic) bond motifs is 1. The fourth-order valence-electron chi connectivity index (χ4n) is 1.54. The van der Waals surface area contributed by atoms with Crippen molar-refractivity contribution in [1.82, 2.24) is 19.6 Å². The van der Waals surface area contributed by atoms with Gasteiger partial charge < -0.3 is 5.32 Å². The number of nitrogens with zero attached hydrogens (tertiary/aromatic N) is 4. The first-order chi connectivity index (χ1) is 8.55. The van der Waals surface area contributed by atoms with Crippen LogP contribution in [0.5, 0.6) is 0 Å². The predicted molar refractivity (Wildman–Crippen MR) is 76.2 cm³/mol. The lowest BCUT2D eigenvalue weighted by atomic mass is 10.2. The van der Waals surface area contributed by atoms with Crippen molar-refractivity contribution in [3.63, 3.8) is 0 Å². The third kappa shape index (κ3) is 2.75. The highest BCUT2D eigenvalue weighted by atomic mass is 32.2. The molecule has 1 N–H and O–H groups in total. The summed E-state index contributed by atoms with van der Waals surface area (Å²) in [4.78, 5) is 8.57. The second-order valence-corrected chi connectivity index (χ2v) is 6.29. The molecule has 0 fully saturated rings. The first-order valence-electron chi connectivity index (χ1n) is 6.04. The Kier molecular flexibility index (Phi) is 3.75. The van der Waals surface area contributed by atoms with E-state index in [1.165, 1.54) is 6.33 Å². The smallest absolute Gasteiger partial charge is 0.254 e. The summed E-state index contributed by atoms with van der Waals surface area (Å²) < 4.78 is 1.93. The highest BCUT2D eigenvalue weighted by Gasteiger charge is 2.16. The Morgan fingerprint density at radius 3 is 2.89 bits per heavy atom. The van der Waals surface area contributed by atoms with Gasteiger partial charge in [-0.25, -0.2) is 4.98 Å². The number of thioether (sulfide) groups is 1. The number of hydrogen-bond acceptors (Lipinski definition) is 5. The van der Waals surface area contributed by atoms with Crippen molar-refractivity contribution in [3.05, 3.63) is 18.1 Å². The molecule has 0 bridgehead atoms. The predicted octanol–water partition coefficient (Wildman–Crippen LogP) is 2.24. The average molecular weight is 265 g/mol. The summed E-state index contributed by atoms with van der Waals surface area (Å²) >= 11 is 1.84. The molecule has 5 nitrogen and oxygen atoms in total. The van der Waals surface area contributed by atoms with Gasteiger partial charge in [0.1, 0.15) is 12.1 Å². The number of hydrogen-bond donors (Lipinski definition) is 1. The molecule has 0 amide bonds. The minimum absolute atomic E-state index is 0.183. The van der Waals surface area contributed by atoms with E-state index in [0.29, 0.717) is 5.78 Å². The van der Waals surface area contributed by atoms with Crippen molar-refractivity contribution in [2.75, 3.05) is 18.1 Å². The topological polar surface area (TPSA) is 55.1 Å². The molecule has 2 heterocycles. The standard InChI is InChI=1S/C12H19N5S/c1-5-9-6-10(13-7-12(2,3)18-4)17-11(16-9)14-8-15-17/h6,8,13H,5,7H2,1-4H3. The van der Waals surface area contributed by atoms with Crippen molar-refractivity contribution in [2.24, 2.45) is 0 Å². The first-order valence-corrected chi connectivity index (χ1v) is 7.27. The summed E-state index contributed by atoms with van der Waals surface area (Å²) in [5, 5.41) is 7.63. The SMILES string of the molecule is CCc1cc(NCC(C)(C)SC)n2ncnc2n1. The summed E-state index contributed by atoms with van der Waals surface area (Å²) in [6.07, 6.45) is 4.55. The Morgan fingerprint density at radius 2 is 2.22 bits per heavy atom. The Bertz CT molecular complexity index is 534. The Hall–Kier alpha value is -1.30. The number of aromatic nitrogens is 4. The van der Waals surface area contributed by atoms with Crippen molar-refractivity contribution < 1.29 is 0 Å². The van der Waals surface area contributed by atoms with E-state index in [0.717, 1.165) is 24.5 Å². The highest BCUT2D eigenvalue weighted by Crippen LogP contribution is 2.22. The van der Waals surface area contributed by atoms with Gasteiger partial charge in [0.2, 0.25) is 0 Å². The van der Waals surface area contributed by atoms with Crippen LogP contribution in [0.25, 0.3) is 5.78 Å². The summed E-state index contributed by atoms with van der Waals surface area (Å²) in [6.45, 7) is 7.39. The summed E-state index contributed by atoms with van der Waals surface area (Å²) in [5.74, 6) is 1.61. The van der Waals surface area contributed by atoms with E-state index in [-0.39, 0.29) is 4.75 Å². The van der Waals surface area contributed by atoms with Crippen LogP contribution in [0.15, 0.2) is 12.4 Å². The van der Waals surface area contributed by atoms with Gasteiger partial charge >= 0.3 is 0 Å². The van der Waals surface area contributed by atoms with Crippen LogP contribution in [0.4, 0.5) is 5.82 Å². The number of anilines is 1. The number of nitrogens with one attached hydrogen (secondary N) is 1. The van der Waals surface area contributed by atoms with Gasteiger partial charge in [-0.2, -0.15) is 26.4 Å². The van der Waals surface area contributed by atoms with Crippen molar-refractivity contribution >= 4 is 23.4 Å². The van der Waals surface area contributed by atoms with Gasteiger partial charge in [-0.3, -0.25) is 0 Å². The quantitative estimate of drug-likeness (QED) is 0.898. The molecule has 0 unspecified atom stereocenters. The molecule has 0 radical (unpaired) electrons. The molecular weight excluding hydrogens is 246 g/mol. The minimum Gasteiger partial charge on any atom is -0.368 e. The van der Waals surface area contributed by atoms with E-state index in [2.05, 4.69) is 47.4 Å². The normalized spacial score (nSPS) is 12.0. The Morgan fingerprint density at radius 1 is 1.44 bits per heavy atom. The maximum Gasteiger partial charge on any atom is 0.254 e. The van der Waals surface area contributed by atoms with E-state index in [1.54, 1.807) is 4.52 Å². The van der Waals surface area contributed by atoms with Gasteiger partial charge in [-0.15, -0.1) is 0 Å². The van der Waals surface area contributed by atoms with Crippen molar-refractivity contribution in [1.29, 1.82) is 0 Å². The van der Waals surface area contributed by atoms with Gasteiger partial charge in [0, 0.05) is 23.1 Å². The third-order valence-electron chi connectivity index (χ3n) is 2.91. The Labute approximate surface area is 111 Å². The Balaban J connectivity index is 2.28. The molecule has 0 aliphatic carbocycles. The van der Waals surface area contributed by atoms with Gasteiger partial charge in [0.15, 0.2) is 0 Å². The molecule has 0 saturated heterocycles. The molecule has 2 aromatic rings. The zero-order valence-electron chi connectivity index (χ0n) is 11.3. The van der Waals surface area contributed by atoms with Crippen LogP contribution in [0.3, 0.4) is 0 Å². The zero-order valence-corrected chi connectivity index (χ0v) is 12.1. The van der Waals surface area contributed by atoms with Gasteiger partial charge in [-0.1, -0.05) is 6.92 Å². The maximum absolute atomic E-state index is 4.42. The van der Waals surface area contributed by atoms with Crippen molar-refractivity contribution in [2.45, 2.75) is 31.9 Å². The lowest BCUT2D eigenvalue weighted by Gasteiger charge is -2.23. The molecule has 2 aromatic heterocycles. The van der Waals surface area contributed by atoms with Crippen LogP contribution in [0, 0.1) is 0 Å². The number of aryl methyl sites for hydroxylation is 1.